The summed E-state index contributed by atoms with van der Waals surface area (Å²) in [4.78, 5) is 20.1. The molecule has 2 N–H and O–H groups in total. The Morgan fingerprint density at radius 3 is 2.67 bits per heavy atom. The fraction of sp³-hybridized carbons (Fsp3) is 0.118. The van der Waals surface area contributed by atoms with Crippen LogP contribution in [0.2, 0.25) is 0 Å². The number of fused-ring (bicyclic) bond motifs is 1. The average molecular weight is 277 g/mol. The molecule has 0 saturated heterocycles. The lowest BCUT2D eigenvalue weighted by Crippen LogP contribution is -2.17. The summed E-state index contributed by atoms with van der Waals surface area (Å²) in [6, 6.07) is 15.6. The second-order valence-electron chi connectivity index (χ2n) is 4.94. The Morgan fingerprint density at radius 1 is 1.10 bits per heavy atom. The average Bonchev–Trinajstić information content (AvgIpc) is 2.53. The van der Waals surface area contributed by atoms with Gasteiger partial charge in [-0.15, -0.1) is 0 Å². The Morgan fingerprint density at radius 2 is 1.90 bits per heavy atom. The highest BCUT2D eigenvalue weighted by molar-refractivity contribution is 5.78. The van der Waals surface area contributed by atoms with Crippen molar-refractivity contribution < 1.29 is 4.79 Å². The van der Waals surface area contributed by atoms with E-state index in [2.05, 4.69) is 9.97 Å². The molecule has 1 amide bonds. The third-order valence-electron chi connectivity index (χ3n) is 3.48. The van der Waals surface area contributed by atoms with Crippen molar-refractivity contribution in [1.29, 1.82) is 0 Å². The lowest BCUT2D eigenvalue weighted by atomic mass is 9.91. The largest absolute Gasteiger partial charge is 0.370 e. The summed E-state index contributed by atoms with van der Waals surface area (Å²) < 4.78 is 0. The van der Waals surface area contributed by atoms with Gasteiger partial charge in [0.05, 0.1) is 5.52 Å². The molecule has 4 heteroatoms. The van der Waals surface area contributed by atoms with Gasteiger partial charge in [-0.05, 0) is 23.8 Å². The number of pyridine rings is 2. The topological polar surface area (TPSA) is 68.9 Å². The van der Waals surface area contributed by atoms with Gasteiger partial charge < -0.3 is 5.73 Å². The first kappa shape index (κ1) is 13.2. The van der Waals surface area contributed by atoms with Gasteiger partial charge in [0.25, 0.3) is 0 Å². The molecule has 4 nitrogen and oxygen atoms in total. The van der Waals surface area contributed by atoms with Crippen molar-refractivity contribution in [3.63, 3.8) is 0 Å². The van der Waals surface area contributed by atoms with Gasteiger partial charge in [-0.2, -0.15) is 0 Å². The fourth-order valence-corrected chi connectivity index (χ4v) is 2.45. The van der Waals surface area contributed by atoms with Gasteiger partial charge >= 0.3 is 0 Å². The maximum Gasteiger partial charge on any atom is 0.218 e. The predicted octanol–water partition coefficient (Wildman–Crippen LogP) is 2.64. The molecular formula is C17H15N3O. The third kappa shape index (κ3) is 2.89. The first-order chi connectivity index (χ1) is 10.2. The van der Waals surface area contributed by atoms with Crippen molar-refractivity contribution >= 4 is 16.8 Å². The molecule has 21 heavy (non-hydrogen) atoms. The first-order valence-corrected chi connectivity index (χ1v) is 6.78. The molecule has 0 saturated carbocycles. The number of hydrogen-bond acceptors (Lipinski definition) is 3. The van der Waals surface area contributed by atoms with E-state index in [1.54, 1.807) is 12.4 Å². The predicted molar refractivity (Wildman–Crippen MR) is 81.6 cm³/mol. The van der Waals surface area contributed by atoms with E-state index in [1.807, 2.05) is 48.5 Å². The van der Waals surface area contributed by atoms with Crippen LogP contribution in [0.5, 0.6) is 0 Å². The molecule has 3 rings (SSSR count). The Labute approximate surface area is 122 Å². The second kappa shape index (κ2) is 5.71. The van der Waals surface area contributed by atoms with Crippen LogP contribution < -0.4 is 5.73 Å². The number of nitrogens with zero attached hydrogens (tertiary/aromatic N) is 2. The van der Waals surface area contributed by atoms with Gasteiger partial charge in [-0.1, -0.05) is 30.3 Å². The number of hydrogen-bond donors (Lipinski definition) is 1. The number of primary amides is 1. The fourth-order valence-electron chi connectivity index (χ4n) is 2.45. The van der Waals surface area contributed by atoms with E-state index in [1.165, 1.54) is 0 Å². The van der Waals surface area contributed by atoms with E-state index in [9.17, 15) is 4.79 Å². The molecule has 0 aliphatic rings. The van der Waals surface area contributed by atoms with Gasteiger partial charge in [0.1, 0.15) is 0 Å². The van der Waals surface area contributed by atoms with Crippen molar-refractivity contribution in [2.24, 2.45) is 5.73 Å². The molecule has 0 spiro atoms. The van der Waals surface area contributed by atoms with Crippen LogP contribution in [-0.4, -0.2) is 15.9 Å². The molecule has 2 heterocycles. The van der Waals surface area contributed by atoms with Crippen LogP contribution in [0, 0.1) is 0 Å². The molecule has 1 atom stereocenters. The van der Waals surface area contributed by atoms with E-state index >= 15 is 0 Å². The van der Waals surface area contributed by atoms with E-state index in [0.29, 0.717) is 0 Å². The lowest BCUT2D eigenvalue weighted by Gasteiger charge is -2.16. The number of aromatic nitrogens is 2. The van der Waals surface area contributed by atoms with Crippen LogP contribution in [0.15, 0.2) is 60.9 Å². The van der Waals surface area contributed by atoms with Gasteiger partial charge in [0.2, 0.25) is 5.91 Å². The van der Waals surface area contributed by atoms with E-state index in [-0.39, 0.29) is 18.2 Å². The smallest absolute Gasteiger partial charge is 0.218 e. The van der Waals surface area contributed by atoms with Crippen LogP contribution in [0.3, 0.4) is 0 Å². The van der Waals surface area contributed by atoms with Crippen molar-refractivity contribution in [2.75, 3.05) is 0 Å². The number of benzene rings is 1. The molecule has 104 valence electrons. The number of rotatable bonds is 4. The van der Waals surface area contributed by atoms with E-state index in [0.717, 1.165) is 22.2 Å². The zero-order valence-corrected chi connectivity index (χ0v) is 11.4. The van der Waals surface area contributed by atoms with E-state index in [4.69, 9.17) is 5.73 Å². The molecule has 1 aromatic carbocycles. The number of carbonyl (C=O) groups excluding carboxylic acids is 1. The minimum atomic E-state index is -0.333. The molecule has 2 aromatic heterocycles. The third-order valence-corrected chi connectivity index (χ3v) is 3.48. The van der Waals surface area contributed by atoms with Crippen LogP contribution in [-0.2, 0) is 4.79 Å². The highest BCUT2D eigenvalue weighted by Gasteiger charge is 2.18. The number of amides is 1. The van der Waals surface area contributed by atoms with Crippen LogP contribution in [0.25, 0.3) is 10.9 Å². The standard InChI is InChI=1S/C17H15N3O/c18-17(21)10-14(12-4-2-1-3-5-12)16-7-6-13-11-19-9-8-15(13)20-16/h1-9,11,14H,10H2,(H2,18,21). The van der Waals surface area contributed by atoms with Crippen molar-refractivity contribution in [3.05, 3.63) is 72.2 Å². The summed E-state index contributed by atoms with van der Waals surface area (Å²) in [5.74, 6) is -0.457. The van der Waals surface area contributed by atoms with Crippen molar-refractivity contribution in [2.45, 2.75) is 12.3 Å². The Bertz CT molecular complexity index is 771. The van der Waals surface area contributed by atoms with Gasteiger partial charge in [0, 0.05) is 35.8 Å². The molecule has 0 aliphatic carbocycles. The summed E-state index contributed by atoms with van der Waals surface area (Å²) in [5, 5.41) is 0.979. The van der Waals surface area contributed by atoms with Crippen LogP contribution >= 0.6 is 0 Å². The highest BCUT2D eigenvalue weighted by atomic mass is 16.1. The SMILES string of the molecule is NC(=O)CC(c1ccccc1)c1ccc2cnccc2n1. The first-order valence-electron chi connectivity index (χ1n) is 6.78. The quantitative estimate of drug-likeness (QED) is 0.797. The minimum absolute atomic E-state index is 0.124. The molecule has 3 aromatic rings. The van der Waals surface area contributed by atoms with Crippen molar-refractivity contribution in [1.82, 2.24) is 9.97 Å². The normalized spacial score (nSPS) is 12.2. The minimum Gasteiger partial charge on any atom is -0.370 e. The van der Waals surface area contributed by atoms with Crippen LogP contribution in [0.4, 0.5) is 0 Å². The molecular weight excluding hydrogens is 262 g/mol. The Hall–Kier alpha value is -2.75. The highest BCUT2D eigenvalue weighted by Crippen LogP contribution is 2.27. The molecule has 0 bridgehead atoms. The maximum atomic E-state index is 11.4. The van der Waals surface area contributed by atoms with Gasteiger partial charge in [-0.25, -0.2) is 0 Å². The lowest BCUT2D eigenvalue weighted by molar-refractivity contribution is -0.118. The monoisotopic (exact) mass is 277 g/mol. The van der Waals surface area contributed by atoms with Gasteiger partial charge in [0.15, 0.2) is 0 Å². The summed E-state index contributed by atoms with van der Waals surface area (Å²) in [7, 11) is 0. The number of carbonyl (C=O) groups is 1. The summed E-state index contributed by atoms with van der Waals surface area (Å²) in [5.41, 5.74) is 8.16. The Balaban J connectivity index is 2.07. The summed E-state index contributed by atoms with van der Waals surface area (Å²) in [6.07, 6.45) is 3.73. The molecule has 0 radical (unpaired) electrons. The molecule has 0 aliphatic heterocycles. The molecule has 0 fully saturated rings. The second-order valence-corrected chi connectivity index (χ2v) is 4.94. The van der Waals surface area contributed by atoms with E-state index < -0.39 is 0 Å². The van der Waals surface area contributed by atoms with Gasteiger partial charge in [-0.3, -0.25) is 14.8 Å². The Kier molecular flexibility index (Phi) is 3.60. The molecule has 1 unspecified atom stereocenters. The number of nitrogens with two attached hydrogens (primary N) is 1. The van der Waals surface area contributed by atoms with Crippen molar-refractivity contribution in [3.8, 4) is 0 Å². The maximum absolute atomic E-state index is 11.4. The zero-order valence-electron chi connectivity index (χ0n) is 11.4. The summed E-state index contributed by atoms with van der Waals surface area (Å²) in [6.45, 7) is 0. The summed E-state index contributed by atoms with van der Waals surface area (Å²) >= 11 is 0. The van der Waals surface area contributed by atoms with Crippen LogP contribution in [0.1, 0.15) is 23.6 Å². The zero-order chi connectivity index (χ0) is 14.7.